The van der Waals surface area contributed by atoms with E-state index in [1.54, 1.807) is 0 Å². The fraction of sp³-hybridized carbons (Fsp3) is 0.783. The Kier molecular flexibility index (Phi) is 52.3. The van der Waals surface area contributed by atoms with Crippen molar-refractivity contribution >= 4 is 17.9 Å². The third-order valence-corrected chi connectivity index (χ3v) is 12.3. The molecule has 0 radical (unpaired) electrons. The van der Waals surface area contributed by atoms with Crippen molar-refractivity contribution in [2.75, 3.05) is 13.2 Å². The highest BCUT2D eigenvalue weighted by atomic mass is 16.6. The minimum Gasteiger partial charge on any atom is -0.462 e. The molecule has 0 N–H and O–H groups in total. The summed E-state index contributed by atoms with van der Waals surface area (Å²) in [5.41, 5.74) is 0. The molecular formula is C60H106O6. The second kappa shape index (κ2) is 54.7. The lowest BCUT2D eigenvalue weighted by Gasteiger charge is -2.18. The van der Waals surface area contributed by atoms with Gasteiger partial charge in [0, 0.05) is 19.3 Å². The van der Waals surface area contributed by atoms with Gasteiger partial charge in [0.2, 0.25) is 0 Å². The molecule has 0 saturated heterocycles. The van der Waals surface area contributed by atoms with Gasteiger partial charge < -0.3 is 14.2 Å². The number of carbonyl (C=O) groups excluding carboxylic acids is 3. The first-order valence-electron chi connectivity index (χ1n) is 28.3. The first-order chi connectivity index (χ1) is 32.5. The minimum absolute atomic E-state index is 0.0855. The Morgan fingerprint density at radius 1 is 0.318 bits per heavy atom. The van der Waals surface area contributed by atoms with Gasteiger partial charge in [0.1, 0.15) is 13.2 Å². The molecular weight excluding hydrogens is 817 g/mol. The van der Waals surface area contributed by atoms with E-state index in [-0.39, 0.29) is 31.1 Å². The maximum absolute atomic E-state index is 12.8. The lowest BCUT2D eigenvalue weighted by atomic mass is 10.0. The highest BCUT2D eigenvalue weighted by molar-refractivity contribution is 5.71. The highest BCUT2D eigenvalue weighted by Gasteiger charge is 2.19. The summed E-state index contributed by atoms with van der Waals surface area (Å²) in [7, 11) is 0. The predicted octanol–water partition coefficient (Wildman–Crippen LogP) is 18.8. The Morgan fingerprint density at radius 3 is 0.924 bits per heavy atom. The predicted molar refractivity (Wildman–Crippen MR) is 284 cm³/mol. The molecule has 1 unspecified atom stereocenters. The van der Waals surface area contributed by atoms with E-state index in [0.29, 0.717) is 19.3 Å². The molecule has 0 aromatic rings. The van der Waals surface area contributed by atoms with Crippen molar-refractivity contribution in [1.82, 2.24) is 0 Å². The quantitative estimate of drug-likeness (QED) is 0.0262. The van der Waals surface area contributed by atoms with E-state index < -0.39 is 6.10 Å². The van der Waals surface area contributed by atoms with Crippen LogP contribution in [0.15, 0.2) is 60.8 Å². The Morgan fingerprint density at radius 2 is 0.591 bits per heavy atom. The summed E-state index contributed by atoms with van der Waals surface area (Å²) in [6.45, 7) is 6.44. The monoisotopic (exact) mass is 923 g/mol. The Bertz CT molecular complexity index is 1200. The average Bonchev–Trinajstić information content (AvgIpc) is 3.31. The number of unbranched alkanes of at least 4 members (excludes halogenated alkanes) is 30. The number of allylic oxidation sites excluding steroid dienone is 10. The van der Waals surface area contributed by atoms with Crippen LogP contribution in [0.3, 0.4) is 0 Å². The Hall–Kier alpha value is -2.89. The van der Waals surface area contributed by atoms with Gasteiger partial charge in [0.25, 0.3) is 0 Å². The molecule has 0 aliphatic heterocycles. The van der Waals surface area contributed by atoms with Crippen molar-refractivity contribution in [3.63, 3.8) is 0 Å². The van der Waals surface area contributed by atoms with E-state index in [0.717, 1.165) is 103 Å². The lowest BCUT2D eigenvalue weighted by molar-refractivity contribution is -0.167. The van der Waals surface area contributed by atoms with E-state index in [1.807, 2.05) is 0 Å². The molecule has 6 nitrogen and oxygen atoms in total. The molecule has 0 bridgehead atoms. The SMILES string of the molecule is CC/C=C\C/C=C\C/C=C\C/C=C\C/C=C\CCCCCC(=O)OC(COC(=O)CCCCCCC)COC(=O)CCCCCCCCCCCCCCCCCCCCCCCCCC. The van der Waals surface area contributed by atoms with Crippen molar-refractivity contribution in [3.05, 3.63) is 60.8 Å². The number of hydrogen-bond acceptors (Lipinski definition) is 6. The van der Waals surface area contributed by atoms with E-state index in [1.165, 1.54) is 141 Å². The molecule has 0 heterocycles. The first kappa shape index (κ1) is 63.1. The summed E-state index contributed by atoms with van der Waals surface area (Å²) in [5, 5.41) is 0. The zero-order valence-corrected chi connectivity index (χ0v) is 43.7. The largest absolute Gasteiger partial charge is 0.462 e. The van der Waals surface area contributed by atoms with Gasteiger partial charge in [-0.3, -0.25) is 14.4 Å². The number of esters is 3. The summed E-state index contributed by atoms with van der Waals surface area (Å²) in [6, 6.07) is 0. The Balaban J connectivity index is 4.11. The van der Waals surface area contributed by atoms with Crippen LogP contribution in [0.2, 0.25) is 0 Å². The molecule has 0 aliphatic rings. The molecule has 0 aromatic carbocycles. The molecule has 6 heteroatoms. The summed E-state index contributed by atoms with van der Waals surface area (Å²) in [6.07, 6.45) is 68.4. The molecule has 0 amide bonds. The maximum Gasteiger partial charge on any atom is 0.306 e. The van der Waals surface area contributed by atoms with Crippen LogP contribution >= 0.6 is 0 Å². The van der Waals surface area contributed by atoms with Gasteiger partial charge >= 0.3 is 17.9 Å². The van der Waals surface area contributed by atoms with Crippen LogP contribution in [0.25, 0.3) is 0 Å². The minimum atomic E-state index is -0.786. The fourth-order valence-electron chi connectivity index (χ4n) is 8.06. The van der Waals surface area contributed by atoms with Gasteiger partial charge in [-0.15, -0.1) is 0 Å². The zero-order valence-electron chi connectivity index (χ0n) is 43.7. The average molecular weight is 924 g/mol. The van der Waals surface area contributed by atoms with Crippen molar-refractivity contribution in [1.29, 1.82) is 0 Å². The van der Waals surface area contributed by atoms with Gasteiger partial charge in [-0.2, -0.15) is 0 Å². The van der Waals surface area contributed by atoms with Gasteiger partial charge in [0.15, 0.2) is 6.10 Å². The fourth-order valence-corrected chi connectivity index (χ4v) is 8.06. The number of ether oxygens (including phenoxy) is 3. The lowest BCUT2D eigenvalue weighted by Crippen LogP contribution is -2.30. The third-order valence-electron chi connectivity index (χ3n) is 12.3. The van der Waals surface area contributed by atoms with Crippen LogP contribution in [-0.2, 0) is 28.6 Å². The summed E-state index contributed by atoms with van der Waals surface area (Å²) in [4.78, 5) is 37.8. The summed E-state index contributed by atoms with van der Waals surface area (Å²) < 4.78 is 16.7. The molecule has 0 rings (SSSR count). The van der Waals surface area contributed by atoms with Crippen molar-refractivity contribution in [2.24, 2.45) is 0 Å². The zero-order chi connectivity index (χ0) is 47.9. The van der Waals surface area contributed by atoms with Gasteiger partial charge in [-0.05, 0) is 64.2 Å². The van der Waals surface area contributed by atoms with Crippen LogP contribution < -0.4 is 0 Å². The number of hydrogen-bond donors (Lipinski definition) is 0. The highest BCUT2D eigenvalue weighted by Crippen LogP contribution is 2.17. The van der Waals surface area contributed by atoms with Crippen molar-refractivity contribution < 1.29 is 28.6 Å². The van der Waals surface area contributed by atoms with E-state index in [9.17, 15) is 14.4 Å². The van der Waals surface area contributed by atoms with Crippen LogP contribution in [-0.4, -0.2) is 37.2 Å². The van der Waals surface area contributed by atoms with Crippen LogP contribution in [0.5, 0.6) is 0 Å². The smallest absolute Gasteiger partial charge is 0.306 e. The van der Waals surface area contributed by atoms with Crippen LogP contribution in [0.1, 0.15) is 284 Å². The normalized spacial score (nSPS) is 12.5. The van der Waals surface area contributed by atoms with Crippen molar-refractivity contribution in [3.8, 4) is 0 Å². The molecule has 0 aliphatic carbocycles. The first-order valence-corrected chi connectivity index (χ1v) is 28.3. The number of carbonyl (C=O) groups is 3. The van der Waals surface area contributed by atoms with Crippen LogP contribution in [0.4, 0.5) is 0 Å². The molecule has 0 aromatic heterocycles. The molecule has 0 saturated carbocycles. The van der Waals surface area contributed by atoms with Gasteiger partial charge in [-0.1, -0.05) is 261 Å². The molecule has 0 spiro atoms. The van der Waals surface area contributed by atoms with Gasteiger partial charge in [-0.25, -0.2) is 0 Å². The van der Waals surface area contributed by atoms with Gasteiger partial charge in [0.05, 0.1) is 0 Å². The van der Waals surface area contributed by atoms with Crippen molar-refractivity contribution in [2.45, 2.75) is 290 Å². The standard InChI is InChI=1S/C60H106O6/c1-4-7-10-13-15-17-19-21-23-25-27-28-29-30-31-33-34-36-38-40-42-44-47-50-53-59(62)65-56-57(55-64-58(61)52-49-46-12-9-6-3)66-60(63)54-51-48-45-43-41-39-37-35-32-26-24-22-20-18-16-14-11-8-5-2/h8,11,16,18,22,24,32,35,39,41,57H,4-7,9-10,12-15,17,19-21,23,25-31,33-34,36-38,40,42-56H2,1-3H3/b11-8-,18-16-,24-22-,35-32-,41-39-. The summed E-state index contributed by atoms with van der Waals surface area (Å²) >= 11 is 0. The Labute approximate surface area is 409 Å². The van der Waals surface area contributed by atoms with E-state index in [4.69, 9.17) is 14.2 Å². The maximum atomic E-state index is 12.8. The molecule has 1 atom stereocenters. The topological polar surface area (TPSA) is 78.9 Å². The second-order valence-electron chi connectivity index (χ2n) is 18.8. The van der Waals surface area contributed by atoms with E-state index >= 15 is 0 Å². The molecule has 66 heavy (non-hydrogen) atoms. The molecule has 382 valence electrons. The number of rotatable bonds is 51. The van der Waals surface area contributed by atoms with Crippen LogP contribution in [0, 0.1) is 0 Å². The molecule has 0 fully saturated rings. The second-order valence-corrected chi connectivity index (χ2v) is 18.8. The third kappa shape index (κ3) is 52.1. The van der Waals surface area contributed by atoms with E-state index in [2.05, 4.69) is 81.5 Å². The summed E-state index contributed by atoms with van der Waals surface area (Å²) in [5.74, 6) is -0.923.